The zero-order valence-electron chi connectivity index (χ0n) is 9.83. The van der Waals surface area contributed by atoms with E-state index in [1.54, 1.807) is 6.07 Å². The minimum Gasteiger partial charge on any atom is -0.339 e. The first-order valence-corrected chi connectivity index (χ1v) is 7.75. The van der Waals surface area contributed by atoms with E-state index in [0.717, 1.165) is 38.3 Å². The molecule has 0 aliphatic heterocycles. The van der Waals surface area contributed by atoms with Crippen molar-refractivity contribution in [1.29, 1.82) is 0 Å². The molecule has 1 aliphatic rings. The first kappa shape index (κ1) is 13.2. The first-order valence-electron chi connectivity index (χ1n) is 5.88. The van der Waals surface area contributed by atoms with E-state index in [0.29, 0.717) is 5.92 Å². The number of benzene rings is 1. The number of nitrogens with one attached hydrogen (secondary N) is 1. The Labute approximate surface area is 132 Å². The van der Waals surface area contributed by atoms with Gasteiger partial charge in [0.2, 0.25) is 0 Å². The van der Waals surface area contributed by atoms with E-state index in [2.05, 4.69) is 53.8 Å². The van der Waals surface area contributed by atoms with Crippen LogP contribution in [0, 0.1) is 9.39 Å². The Bertz CT molecular complexity index is 631. The van der Waals surface area contributed by atoms with Gasteiger partial charge in [0.1, 0.15) is 22.1 Å². The second-order valence-corrected chi connectivity index (χ2v) is 6.43. The molecule has 3 nitrogen and oxygen atoms in total. The SMILES string of the molecule is Fc1ccc(Nc2cc(Br)nc(C3CC3)n2)c(I)c1. The van der Waals surface area contributed by atoms with Gasteiger partial charge in [-0.15, -0.1) is 0 Å². The Balaban J connectivity index is 1.89. The quantitative estimate of drug-likeness (QED) is 0.567. The molecule has 1 saturated carbocycles. The molecule has 0 unspecified atom stereocenters. The van der Waals surface area contributed by atoms with Crippen molar-refractivity contribution >= 4 is 50.0 Å². The van der Waals surface area contributed by atoms with Crippen LogP contribution in [0.3, 0.4) is 0 Å². The molecule has 98 valence electrons. The van der Waals surface area contributed by atoms with Crippen LogP contribution in [-0.2, 0) is 0 Å². The highest BCUT2D eigenvalue weighted by molar-refractivity contribution is 14.1. The topological polar surface area (TPSA) is 37.8 Å². The molecule has 0 bridgehead atoms. The molecule has 1 aliphatic carbocycles. The minimum absolute atomic E-state index is 0.238. The summed E-state index contributed by atoms with van der Waals surface area (Å²) in [4.78, 5) is 8.88. The summed E-state index contributed by atoms with van der Waals surface area (Å²) >= 11 is 5.50. The van der Waals surface area contributed by atoms with E-state index in [1.807, 2.05) is 6.07 Å². The fourth-order valence-electron chi connectivity index (χ4n) is 1.75. The average Bonchev–Trinajstić information content (AvgIpc) is 3.16. The molecule has 1 aromatic carbocycles. The molecular formula is C13H10BrFIN3. The fraction of sp³-hybridized carbons (Fsp3) is 0.231. The van der Waals surface area contributed by atoms with E-state index in [1.165, 1.54) is 12.1 Å². The van der Waals surface area contributed by atoms with Crippen LogP contribution in [0.4, 0.5) is 15.9 Å². The van der Waals surface area contributed by atoms with Crippen molar-refractivity contribution in [2.24, 2.45) is 0 Å². The largest absolute Gasteiger partial charge is 0.339 e. The van der Waals surface area contributed by atoms with E-state index < -0.39 is 0 Å². The van der Waals surface area contributed by atoms with Crippen molar-refractivity contribution in [3.05, 3.63) is 44.1 Å². The number of hydrogen-bond donors (Lipinski definition) is 1. The lowest BCUT2D eigenvalue weighted by Gasteiger charge is -2.09. The molecule has 0 amide bonds. The van der Waals surface area contributed by atoms with Crippen molar-refractivity contribution in [3.8, 4) is 0 Å². The third-order valence-corrected chi connectivity index (χ3v) is 4.15. The van der Waals surface area contributed by atoms with E-state index >= 15 is 0 Å². The maximum Gasteiger partial charge on any atom is 0.135 e. The highest BCUT2D eigenvalue weighted by Crippen LogP contribution is 2.39. The van der Waals surface area contributed by atoms with Crippen molar-refractivity contribution in [2.45, 2.75) is 18.8 Å². The summed E-state index contributed by atoms with van der Waals surface area (Å²) in [6, 6.07) is 6.46. The predicted octanol–water partition coefficient (Wildman–Crippen LogP) is 4.60. The third-order valence-electron chi connectivity index (χ3n) is 2.85. The molecule has 1 fully saturated rings. The van der Waals surface area contributed by atoms with Crippen molar-refractivity contribution < 1.29 is 4.39 Å². The molecule has 0 radical (unpaired) electrons. The summed E-state index contributed by atoms with van der Waals surface area (Å²) in [5.74, 6) is 1.85. The molecule has 1 N–H and O–H groups in total. The fourth-order valence-corrected chi connectivity index (χ4v) is 2.76. The number of aromatic nitrogens is 2. The summed E-state index contributed by atoms with van der Waals surface area (Å²) in [5, 5.41) is 3.21. The highest BCUT2D eigenvalue weighted by Gasteiger charge is 2.27. The molecule has 0 atom stereocenters. The molecule has 0 spiro atoms. The number of nitrogens with zero attached hydrogens (tertiary/aromatic N) is 2. The summed E-state index contributed by atoms with van der Waals surface area (Å²) < 4.78 is 14.7. The lowest BCUT2D eigenvalue weighted by Crippen LogP contribution is -2.01. The van der Waals surface area contributed by atoms with E-state index in [-0.39, 0.29) is 5.82 Å². The Morgan fingerprint density at radius 3 is 2.74 bits per heavy atom. The number of rotatable bonds is 3. The van der Waals surface area contributed by atoms with Crippen LogP contribution in [0.15, 0.2) is 28.9 Å². The average molecular weight is 434 g/mol. The van der Waals surface area contributed by atoms with Gasteiger partial charge in [0.15, 0.2) is 0 Å². The summed E-state index contributed by atoms with van der Waals surface area (Å²) in [6.07, 6.45) is 2.31. The molecule has 2 aromatic rings. The van der Waals surface area contributed by atoms with Gasteiger partial charge >= 0.3 is 0 Å². The Kier molecular flexibility index (Phi) is 3.70. The van der Waals surface area contributed by atoms with E-state index in [4.69, 9.17) is 0 Å². The van der Waals surface area contributed by atoms with Crippen LogP contribution in [0.5, 0.6) is 0 Å². The summed E-state index contributed by atoms with van der Waals surface area (Å²) in [7, 11) is 0. The summed E-state index contributed by atoms with van der Waals surface area (Å²) in [5.41, 5.74) is 0.842. The third kappa shape index (κ3) is 3.22. The van der Waals surface area contributed by atoms with Gasteiger partial charge < -0.3 is 5.32 Å². The van der Waals surface area contributed by atoms with Gasteiger partial charge in [-0.2, -0.15) is 0 Å². The molecule has 6 heteroatoms. The monoisotopic (exact) mass is 433 g/mol. The number of hydrogen-bond acceptors (Lipinski definition) is 3. The second kappa shape index (κ2) is 5.32. The van der Waals surface area contributed by atoms with Gasteiger partial charge in [-0.3, -0.25) is 0 Å². The zero-order chi connectivity index (χ0) is 13.4. The maximum absolute atomic E-state index is 13.1. The lowest BCUT2D eigenvalue weighted by molar-refractivity contribution is 0.627. The van der Waals surface area contributed by atoms with Crippen molar-refractivity contribution in [2.75, 3.05) is 5.32 Å². The smallest absolute Gasteiger partial charge is 0.135 e. The maximum atomic E-state index is 13.1. The van der Waals surface area contributed by atoms with Gasteiger partial charge in [-0.1, -0.05) is 0 Å². The molecule has 1 aromatic heterocycles. The van der Waals surface area contributed by atoms with Crippen molar-refractivity contribution in [3.63, 3.8) is 0 Å². The lowest BCUT2D eigenvalue weighted by atomic mass is 10.3. The van der Waals surface area contributed by atoms with Crippen LogP contribution in [0.25, 0.3) is 0 Å². The highest BCUT2D eigenvalue weighted by atomic mass is 127. The van der Waals surface area contributed by atoms with Crippen LogP contribution in [0.2, 0.25) is 0 Å². The van der Waals surface area contributed by atoms with Crippen LogP contribution in [0.1, 0.15) is 24.6 Å². The number of anilines is 2. The Hall–Kier alpha value is -0.760. The van der Waals surface area contributed by atoms with Gasteiger partial charge in [0.05, 0.1) is 5.69 Å². The minimum atomic E-state index is -0.238. The van der Waals surface area contributed by atoms with E-state index in [9.17, 15) is 4.39 Å². The van der Waals surface area contributed by atoms with Crippen LogP contribution < -0.4 is 5.32 Å². The normalized spacial score (nSPS) is 14.5. The zero-order valence-corrected chi connectivity index (χ0v) is 13.6. The number of halogens is 3. The first-order chi connectivity index (χ1) is 9.11. The van der Waals surface area contributed by atoms with Crippen LogP contribution >= 0.6 is 38.5 Å². The van der Waals surface area contributed by atoms with Gasteiger partial charge in [-0.05, 0) is 69.6 Å². The Morgan fingerprint density at radius 1 is 1.26 bits per heavy atom. The predicted molar refractivity (Wildman–Crippen MR) is 84.1 cm³/mol. The van der Waals surface area contributed by atoms with Crippen molar-refractivity contribution in [1.82, 2.24) is 9.97 Å². The molecule has 1 heterocycles. The molecule has 0 saturated heterocycles. The van der Waals surface area contributed by atoms with Gasteiger partial charge in [-0.25, -0.2) is 14.4 Å². The standard InChI is InChI=1S/C13H10BrFIN3/c14-11-6-12(19-13(18-11)7-1-2-7)17-10-4-3-8(15)5-9(10)16/h3-7H,1-2H2,(H,17,18,19). The molecular weight excluding hydrogens is 424 g/mol. The molecule has 3 rings (SSSR count). The van der Waals surface area contributed by atoms with Gasteiger partial charge in [0.25, 0.3) is 0 Å². The second-order valence-electron chi connectivity index (χ2n) is 4.46. The Morgan fingerprint density at radius 2 is 2.05 bits per heavy atom. The van der Waals surface area contributed by atoms with Gasteiger partial charge in [0, 0.05) is 15.6 Å². The molecule has 19 heavy (non-hydrogen) atoms. The van der Waals surface area contributed by atoms with Crippen LogP contribution in [-0.4, -0.2) is 9.97 Å². The summed E-state index contributed by atoms with van der Waals surface area (Å²) in [6.45, 7) is 0.